The average molecular weight is 455 g/mol. The smallest absolute Gasteiger partial charge is 0.170 e. The minimum Gasteiger partial charge on any atom is -0.294 e. The van der Waals surface area contributed by atoms with Crippen LogP contribution in [0.3, 0.4) is 0 Å². The zero-order valence-corrected chi connectivity index (χ0v) is 15.1. The zero-order chi connectivity index (χ0) is 15.0. The number of Topliss-reactive ketones (excluding diaryl/α,β-unsaturated/α-hetero) is 1. The number of hydrogen-bond acceptors (Lipinski definition) is 2. The van der Waals surface area contributed by atoms with Crippen LogP contribution < -0.4 is 0 Å². The lowest BCUT2D eigenvalue weighted by molar-refractivity contribution is 0.0991. The van der Waals surface area contributed by atoms with Crippen LogP contribution in [0.15, 0.2) is 46.9 Å². The SMILES string of the molecule is Cn1nc(CC(=O)c2cc(I)ccc2Br)c2ccccc21. The van der Waals surface area contributed by atoms with Gasteiger partial charge in [0.1, 0.15) is 0 Å². The van der Waals surface area contributed by atoms with E-state index in [1.165, 1.54) is 0 Å². The maximum Gasteiger partial charge on any atom is 0.170 e. The molecule has 0 aliphatic heterocycles. The Bertz CT molecular complexity index is 841. The Morgan fingerprint density at radius 2 is 2.05 bits per heavy atom. The zero-order valence-electron chi connectivity index (χ0n) is 11.3. The third-order valence-corrected chi connectivity index (χ3v) is 4.75. The van der Waals surface area contributed by atoms with Gasteiger partial charge in [-0.2, -0.15) is 5.10 Å². The Kier molecular flexibility index (Phi) is 4.12. The predicted molar refractivity (Wildman–Crippen MR) is 95.6 cm³/mol. The van der Waals surface area contributed by atoms with Gasteiger partial charge in [0.05, 0.1) is 17.6 Å². The molecule has 0 amide bonds. The molecule has 0 unspecified atom stereocenters. The molecule has 0 aliphatic carbocycles. The van der Waals surface area contributed by atoms with Crippen molar-refractivity contribution in [2.24, 2.45) is 7.05 Å². The van der Waals surface area contributed by atoms with Gasteiger partial charge in [0.15, 0.2) is 5.78 Å². The number of carbonyl (C=O) groups is 1. The van der Waals surface area contributed by atoms with Gasteiger partial charge in [-0.1, -0.05) is 34.1 Å². The Balaban J connectivity index is 1.99. The lowest BCUT2D eigenvalue weighted by Crippen LogP contribution is -2.06. The lowest BCUT2D eigenvalue weighted by atomic mass is 10.0. The van der Waals surface area contributed by atoms with E-state index in [9.17, 15) is 4.79 Å². The van der Waals surface area contributed by atoms with Crippen molar-refractivity contribution in [2.45, 2.75) is 6.42 Å². The highest BCUT2D eigenvalue weighted by molar-refractivity contribution is 14.1. The molecule has 0 spiro atoms. The number of halogens is 2. The Morgan fingerprint density at radius 1 is 1.29 bits per heavy atom. The van der Waals surface area contributed by atoms with E-state index >= 15 is 0 Å². The van der Waals surface area contributed by atoms with E-state index in [1.807, 2.05) is 54.2 Å². The fourth-order valence-electron chi connectivity index (χ4n) is 2.38. The van der Waals surface area contributed by atoms with Crippen LogP contribution in [0.1, 0.15) is 16.1 Å². The Hall–Kier alpha value is -1.21. The van der Waals surface area contributed by atoms with Gasteiger partial charge in [-0.15, -0.1) is 0 Å². The normalized spacial score (nSPS) is 11.0. The quantitative estimate of drug-likeness (QED) is 0.435. The van der Waals surface area contributed by atoms with E-state index in [2.05, 4.69) is 43.6 Å². The molecular weight excluding hydrogens is 443 g/mol. The molecule has 3 aromatic rings. The average Bonchev–Trinajstić information content (AvgIpc) is 2.78. The largest absolute Gasteiger partial charge is 0.294 e. The fraction of sp³-hybridized carbons (Fsp3) is 0.125. The molecule has 0 aliphatic rings. The molecule has 0 atom stereocenters. The molecule has 0 radical (unpaired) electrons. The molecule has 0 saturated carbocycles. The first-order valence-electron chi connectivity index (χ1n) is 6.45. The molecule has 3 nitrogen and oxygen atoms in total. The highest BCUT2D eigenvalue weighted by atomic mass is 127. The van der Waals surface area contributed by atoms with E-state index in [-0.39, 0.29) is 5.78 Å². The van der Waals surface area contributed by atoms with Crippen molar-refractivity contribution in [3.63, 3.8) is 0 Å². The van der Waals surface area contributed by atoms with Crippen LogP contribution in [-0.4, -0.2) is 15.6 Å². The molecule has 0 fully saturated rings. The summed E-state index contributed by atoms with van der Waals surface area (Å²) in [5.41, 5.74) is 2.57. The van der Waals surface area contributed by atoms with Gasteiger partial charge < -0.3 is 0 Å². The molecule has 1 heterocycles. The van der Waals surface area contributed by atoms with Crippen molar-refractivity contribution in [1.29, 1.82) is 0 Å². The van der Waals surface area contributed by atoms with Crippen LogP contribution in [0.5, 0.6) is 0 Å². The maximum absolute atomic E-state index is 12.6. The second kappa shape index (κ2) is 5.88. The standard InChI is InChI=1S/C16H12BrIN2O/c1-20-15-5-3-2-4-11(15)14(19-20)9-16(21)12-8-10(18)6-7-13(12)17/h2-8H,9H2,1H3. The summed E-state index contributed by atoms with van der Waals surface area (Å²) in [6.07, 6.45) is 0.306. The number of fused-ring (bicyclic) bond motifs is 1. The minimum atomic E-state index is 0.0734. The highest BCUT2D eigenvalue weighted by Gasteiger charge is 2.16. The first kappa shape index (κ1) is 14.7. The van der Waals surface area contributed by atoms with Gasteiger partial charge in [0, 0.05) is 26.0 Å². The van der Waals surface area contributed by atoms with Crippen LogP contribution in [0.25, 0.3) is 10.9 Å². The molecular formula is C16H12BrIN2O. The van der Waals surface area contributed by atoms with Gasteiger partial charge in [0.2, 0.25) is 0 Å². The van der Waals surface area contributed by atoms with E-state index in [0.717, 1.165) is 24.6 Å². The van der Waals surface area contributed by atoms with Crippen molar-refractivity contribution < 1.29 is 4.79 Å². The molecule has 106 valence electrons. The summed E-state index contributed by atoms with van der Waals surface area (Å²) >= 11 is 5.66. The van der Waals surface area contributed by atoms with Gasteiger partial charge in [-0.25, -0.2) is 0 Å². The monoisotopic (exact) mass is 454 g/mol. The van der Waals surface area contributed by atoms with Crippen LogP contribution in [0.2, 0.25) is 0 Å². The summed E-state index contributed by atoms with van der Waals surface area (Å²) in [6, 6.07) is 13.7. The number of aryl methyl sites for hydroxylation is 1. The number of aromatic nitrogens is 2. The molecule has 0 saturated heterocycles. The summed E-state index contributed by atoms with van der Waals surface area (Å²) in [5.74, 6) is 0.0734. The van der Waals surface area contributed by atoms with E-state index in [0.29, 0.717) is 12.0 Å². The summed E-state index contributed by atoms with van der Waals surface area (Å²) in [7, 11) is 1.90. The lowest BCUT2D eigenvalue weighted by Gasteiger charge is -2.03. The van der Waals surface area contributed by atoms with Crippen LogP contribution in [0, 0.1) is 3.57 Å². The van der Waals surface area contributed by atoms with Crippen molar-refractivity contribution in [3.05, 3.63) is 61.8 Å². The maximum atomic E-state index is 12.6. The molecule has 21 heavy (non-hydrogen) atoms. The fourth-order valence-corrected chi connectivity index (χ4v) is 3.34. The van der Waals surface area contributed by atoms with Crippen LogP contribution in [0.4, 0.5) is 0 Å². The summed E-state index contributed by atoms with van der Waals surface area (Å²) < 4.78 is 3.69. The summed E-state index contributed by atoms with van der Waals surface area (Å²) in [6.45, 7) is 0. The van der Waals surface area contributed by atoms with Crippen molar-refractivity contribution >= 4 is 55.2 Å². The molecule has 3 rings (SSSR count). The van der Waals surface area contributed by atoms with Gasteiger partial charge >= 0.3 is 0 Å². The van der Waals surface area contributed by atoms with E-state index < -0.39 is 0 Å². The third-order valence-electron chi connectivity index (χ3n) is 3.39. The van der Waals surface area contributed by atoms with Crippen molar-refractivity contribution in [2.75, 3.05) is 0 Å². The van der Waals surface area contributed by atoms with Gasteiger partial charge in [0.25, 0.3) is 0 Å². The first-order chi connectivity index (χ1) is 10.1. The second-order valence-corrected chi connectivity index (χ2v) is 6.91. The molecule has 1 aromatic heterocycles. The van der Waals surface area contributed by atoms with E-state index in [4.69, 9.17) is 0 Å². The number of nitrogens with zero attached hydrogens (tertiary/aromatic N) is 2. The third kappa shape index (κ3) is 2.89. The second-order valence-electron chi connectivity index (χ2n) is 4.81. The van der Waals surface area contributed by atoms with Crippen molar-refractivity contribution in [3.8, 4) is 0 Å². The topological polar surface area (TPSA) is 34.9 Å². The first-order valence-corrected chi connectivity index (χ1v) is 8.32. The number of ketones is 1. The number of rotatable bonds is 3. The van der Waals surface area contributed by atoms with Crippen LogP contribution in [-0.2, 0) is 13.5 Å². The van der Waals surface area contributed by atoms with Crippen molar-refractivity contribution in [1.82, 2.24) is 9.78 Å². The number of carbonyl (C=O) groups excluding carboxylic acids is 1. The molecule has 2 aromatic carbocycles. The van der Waals surface area contributed by atoms with E-state index in [1.54, 1.807) is 0 Å². The number of benzene rings is 2. The van der Waals surface area contributed by atoms with Gasteiger partial charge in [-0.05, 0) is 46.9 Å². The molecule has 5 heteroatoms. The summed E-state index contributed by atoms with van der Waals surface area (Å²) in [4.78, 5) is 12.6. The van der Waals surface area contributed by atoms with Crippen LogP contribution >= 0.6 is 38.5 Å². The predicted octanol–water partition coefficient (Wildman–Crippen LogP) is 4.37. The Labute approximate surface area is 144 Å². The number of hydrogen-bond donors (Lipinski definition) is 0. The molecule has 0 bridgehead atoms. The highest BCUT2D eigenvalue weighted by Crippen LogP contribution is 2.23. The minimum absolute atomic E-state index is 0.0734. The Morgan fingerprint density at radius 3 is 2.86 bits per heavy atom. The summed E-state index contributed by atoms with van der Waals surface area (Å²) in [5, 5.41) is 5.52. The molecule has 0 N–H and O–H groups in total. The van der Waals surface area contributed by atoms with Gasteiger partial charge in [-0.3, -0.25) is 9.48 Å². The number of para-hydroxylation sites is 1.